The molecule has 134 valence electrons. The maximum Gasteiger partial charge on any atom is 0.322 e. The largest absolute Gasteiger partial charge is 0.395 e. The minimum absolute atomic E-state index is 0.110. The van der Waals surface area contributed by atoms with E-state index in [-0.39, 0.29) is 31.3 Å². The van der Waals surface area contributed by atoms with Crippen LogP contribution in [0.1, 0.15) is 11.1 Å². The predicted octanol–water partition coefficient (Wildman–Crippen LogP) is 2.86. The fourth-order valence-electron chi connectivity index (χ4n) is 2.85. The highest BCUT2D eigenvalue weighted by atomic mass is 16.3. The van der Waals surface area contributed by atoms with Gasteiger partial charge < -0.3 is 20.3 Å². The Hall–Kier alpha value is -3.12. The molecule has 0 bridgehead atoms. The van der Waals surface area contributed by atoms with Crippen molar-refractivity contribution in [3.05, 3.63) is 76.1 Å². The van der Waals surface area contributed by atoms with Gasteiger partial charge in [0.2, 0.25) is 0 Å². The number of H-pyrrole nitrogens is 1. The second-order valence-corrected chi connectivity index (χ2v) is 6.10. The van der Waals surface area contributed by atoms with Gasteiger partial charge in [-0.2, -0.15) is 0 Å². The van der Waals surface area contributed by atoms with Crippen LogP contribution in [0.3, 0.4) is 0 Å². The number of para-hydroxylation sites is 2. The van der Waals surface area contributed by atoms with E-state index in [2.05, 4.69) is 10.3 Å². The lowest BCUT2D eigenvalue weighted by Crippen LogP contribution is -2.38. The molecule has 3 N–H and O–H groups in total. The van der Waals surface area contributed by atoms with Gasteiger partial charge in [-0.25, -0.2) is 4.79 Å². The fourth-order valence-corrected chi connectivity index (χ4v) is 2.85. The molecular weight excluding hydrogens is 330 g/mol. The van der Waals surface area contributed by atoms with Crippen molar-refractivity contribution in [3.63, 3.8) is 0 Å². The molecule has 0 aliphatic rings. The van der Waals surface area contributed by atoms with Gasteiger partial charge in [-0.1, -0.05) is 36.4 Å². The number of urea groups is 1. The zero-order valence-corrected chi connectivity index (χ0v) is 14.5. The average Bonchev–Trinajstić information content (AvgIpc) is 2.63. The van der Waals surface area contributed by atoms with Crippen LogP contribution in [0.15, 0.2) is 59.4 Å². The van der Waals surface area contributed by atoms with Gasteiger partial charge in [0.15, 0.2) is 0 Å². The molecule has 2 aromatic carbocycles. The first-order valence-electron chi connectivity index (χ1n) is 8.42. The molecule has 0 fully saturated rings. The van der Waals surface area contributed by atoms with Gasteiger partial charge in [0.25, 0.3) is 5.56 Å². The highest BCUT2D eigenvalue weighted by molar-refractivity contribution is 5.89. The molecule has 1 heterocycles. The molecule has 1 aromatic heterocycles. The molecule has 0 atom stereocenters. The molecule has 0 unspecified atom stereocenters. The zero-order valence-electron chi connectivity index (χ0n) is 14.5. The number of nitrogens with one attached hydrogen (secondary N) is 2. The van der Waals surface area contributed by atoms with E-state index in [0.717, 1.165) is 16.5 Å². The fraction of sp³-hybridized carbons (Fsp3) is 0.200. The molecule has 0 saturated heterocycles. The highest BCUT2D eigenvalue weighted by Crippen LogP contribution is 2.16. The van der Waals surface area contributed by atoms with Crippen LogP contribution in [-0.2, 0) is 6.54 Å². The average molecular weight is 351 g/mol. The maximum absolute atomic E-state index is 12.5. The molecule has 0 aliphatic carbocycles. The number of aliphatic hydroxyl groups excluding tert-OH is 1. The Kier molecular flexibility index (Phi) is 5.34. The number of aromatic nitrogens is 1. The lowest BCUT2D eigenvalue weighted by atomic mass is 10.1. The van der Waals surface area contributed by atoms with Crippen molar-refractivity contribution in [1.29, 1.82) is 0 Å². The number of carbonyl (C=O) groups is 1. The number of carbonyl (C=O) groups excluding carboxylic acids is 1. The molecular formula is C20H21N3O3. The summed E-state index contributed by atoms with van der Waals surface area (Å²) in [5.41, 5.74) is 2.68. The standard InChI is InChI=1S/C20H21N3O3/c1-14-6-5-7-15-12-16(19(25)22-18(14)15)13-23(10-11-24)20(26)21-17-8-3-2-4-9-17/h2-9,12,24H,10-11,13H2,1H3,(H,21,26)(H,22,25). The van der Waals surface area contributed by atoms with E-state index in [1.54, 1.807) is 18.2 Å². The Morgan fingerprint density at radius 2 is 1.92 bits per heavy atom. The van der Waals surface area contributed by atoms with Crippen molar-refractivity contribution in [3.8, 4) is 0 Å². The van der Waals surface area contributed by atoms with Crippen molar-refractivity contribution in [2.45, 2.75) is 13.5 Å². The van der Waals surface area contributed by atoms with Gasteiger partial charge in [0.05, 0.1) is 18.7 Å². The van der Waals surface area contributed by atoms with Crippen molar-refractivity contribution in [1.82, 2.24) is 9.88 Å². The van der Waals surface area contributed by atoms with Gasteiger partial charge >= 0.3 is 6.03 Å². The van der Waals surface area contributed by atoms with Crippen LogP contribution in [0.4, 0.5) is 10.5 Å². The van der Waals surface area contributed by atoms with E-state index < -0.39 is 0 Å². The number of fused-ring (bicyclic) bond motifs is 1. The molecule has 0 aliphatic heterocycles. The number of hydrogen-bond donors (Lipinski definition) is 3. The Morgan fingerprint density at radius 3 is 2.65 bits per heavy atom. The van der Waals surface area contributed by atoms with E-state index in [0.29, 0.717) is 11.3 Å². The van der Waals surface area contributed by atoms with E-state index in [1.165, 1.54) is 4.90 Å². The molecule has 2 amide bonds. The number of pyridine rings is 1. The number of aliphatic hydroxyl groups is 1. The minimum atomic E-state index is -0.367. The van der Waals surface area contributed by atoms with Crippen LogP contribution in [0.5, 0.6) is 0 Å². The molecule has 0 radical (unpaired) electrons. The summed E-state index contributed by atoms with van der Waals surface area (Å²) in [6, 6.07) is 16.3. The lowest BCUT2D eigenvalue weighted by molar-refractivity contribution is 0.185. The Morgan fingerprint density at radius 1 is 1.15 bits per heavy atom. The Balaban J connectivity index is 1.86. The smallest absolute Gasteiger partial charge is 0.322 e. The summed E-state index contributed by atoms with van der Waals surface area (Å²) in [6.45, 7) is 1.98. The van der Waals surface area contributed by atoms with Gasteiger partial charge in [-0.15, -0.1) is 0 Å². The summed E-state index contributed by atoms with van der Waals surface area (Å²) in [6.07, 6.45) is 0. The van der Waals surface area contributed by atoms with E-state index in [4.69, 9.17) is 0 Å². The van der Waals surface area contributed by atoms with Crippen molar-refractivity contribution in [2.24, 2.45) is 0 Å². The van der Waals surface area contributed by atoms with Gasteiger partial charge in [-0.05, 0) is 36.1 Å². The van der Waals surface area contributed by atoms with E-state index >= 15 is 0 Å². The Bertz CT molecular complexity index is 967. The molecule has 0 saturated carbocycles. The summed E-state index contributed by atoms with van der Waals surface area (Å²) in [7, 11) is 0. The molecule has 3 aromatic rings. The van der Waals surface area contributed by atoms with Crippen LogP contribution in [-0.4, -0.2) is 34.2 Å². The summed E-state index contributed by atoms with van der Waals surface area (Å²) < 4.78 is 0. The van der Waals surface area contributed by atoms with Crippen LogP contribution in [0.2, 0.25) is 0 Å². The van der Waals surface area contributed by atoms with E-state index in [9.17, 15) is 14.7 Å². The third-order valence-electron chi connectivity index (χ3n) is 4.21. The molecule has 3 rings (SSSR count). The second-order valence-electron chi connectivity index (χ2n) is 6.10. The first kappa shape index (κ1) is 17.7. The van der Waals surface area contributed by atoms with Gasteiger partial charge in [0.1, 0.15) is 0 Å². The number of hydrogen-bond acceptors (Lipinski definition) is 3. The zero-order chi connectivity index (χ0) is 18.5. The van der Waals surface area contributed by atoms with E-state index in [1.807, 2.05) is 43.3 Å². The SMILES string of the molecule is Cc1cccc2cc(CN(CCO)C(=O)Nc3ccccc3)c(=O)[nH]c12. The minimum Gasteiger partial charge on any atom is -0.395 e. The summed E-state index contributed by atoms with van der Waals surface area (Å²) in [5, 5.41) is 13.0. The van der Waals surface area contributed by atoms with Crippen LogP contribution >= 0.6 is 0 Å². The summed E-state index contributed by atoms with van der Waals surface area (Å²) in [4.78, 5) is 29.3. The molecule has 0 spiro atoms. The maximum atomic E-state index is 12.5. The van der Waals surface area contributed by atoms with Crippen molar-refractivity contribution in [2.75, 3.05) is 18.5 Å². The lowest BCUT2D eigenvalue weighted by Gasteiger charge is -2.22. The topological polar surface area (TPSA) is 85.4 Å². The highest BCUT2D eigenvalue weighted by Gasteiger charge is 2.16. The summed E-state index contributed by atoms with van der Waals surface area (Å²) in [5.74, 6) is 0. The Labute approximate surface area is 151 Å². The normalized spacial score (nSPS) is 10.7. The first-order chi connectivity index (χ1) is 12.6. The van der Waals surface area contributed by atoms with Gasteiger partial charge in [0, 0.05) is 17.8 Å². The number of benzene rings is 2. The molecule has 6 nitrogen and oxygen atoms in total. The van der Waals surface area contributed by atoms with Crippen LogP contribution < -0.4 is 10.9 Å². The number of amides is 2. The van der Waals surface area contributed by atoms with Crippen LogP contribution in [0.25, 0.3) is 10.9 Å². The van der Waals surface area contributed by atoms with Crippen molar-refractivity contribution < 1.29 is 9.90 Å². The number of aromatic amines is 1. The van der Waals surface area contributed by atoms with Crippen LogP contribution in [0, 0.1) is 6.92 Å². The number of rotatable bonds is 5. The monoisotopic (exact) mass is 351 g/mol. The summed E-state index contributed by atoms with van der Waals surface area (Å²) >= 11 is 0. The number of anilines is 1. The third-order valence-corrected chi connectivity index (χ3v) is 4.21. The van der Waals surface area contributed by atoms with Crippen molar-refractivity contribution >= 4 is 22.6 Å². The number of aryl methyl sites for hydroxylation is 1. The quantitative estimate of drug-likeness (QED) is 0.661. The molecule has 6 heteroatoms. The molecule has 26 heavy (non-hydrogen) atoms. The van der Waals surface area contributed by atoms with Gasteiger partial charge in [-0.3, -0.25) is 4.79 Å². The third kappa shape index (κ3) is 3.92. The first-order valence-corrected chi connectivity index (χ1v) is 8.42. The predicted molar refractivity (Wildman–Crippen MR) is 102 cm³/mol. The number of nitrogens with zero attached hydrogens (tertiary/aromatic N) is 1. The second kappa shape index (κ2) is 7.84.